The van der Waals surface area contributed by atoms with Crippen molar-refractivity contribution in [2.45, 2.75) is 20.4 Å². The van der Waals surface area contributed by atoms with Crippen molar-refractivity contribution in [2.24, 2.45) is 0 Å². The van der Waals surface area contributed by atoms with Crippen LogP contribution in [0.25, 0.3) is 11.4 Å². The van der Waals surface area contributed by atoms with E-state index in [-0.39, 0.29) is 0 Å². The summed E-state index contributed by atoms with van der Waals surface area (Å²) in [5.41, 5.74) is 8.79. The molecule has 2 aromatic rings. The summed E-state index contributed by atoms with van der Waals surface area (Å²) in [6.07, 6.45) is 1.72. The normalized spacial score (nSPS) is 10.5. The van der Waals surface area contributed by atoms with Crippen LogP contribution in [-0.2, 0) is 6.54 Å². The summed E-state index contributed by atoms with van der Waals surface area (Å²) in [6.45, 7) is 4.93. The van der Waals surface area contributed by atoms with Crippen molar-refractivity contribution >= 4 is 5.69 Å². The quantitative estimate of drug-likeness (QED) is 0.756. The van der Waals surface area contributed by atoms with E-state index < -0.39 is 0 Å². The van der Waals surface area contributed by atoms with E-state index in [1.54, 1.807) is 6.33 Å². The Hall–Kier alpha value is -1.84. The fourth-order valence-electron chi connectivity index (χ4n) is 1.56. The van der Waals surface area contributed by atoms with Gasteiger partial charge in [0.15, 0.2) is 5.82 Å². The molecular formula is C11H14N4. The lowest BCUT2D eigenvalue weighted by atomic mass is 10.1. The van der Waals surface area contributed by atoms with Crippen molar-refractivity contribution < 1.29 is 0 Å². The van der Waals surface area contributed by atoms with Crippen LogP contribution in [0.4, 0.5) is 5.69 Å². The van der Waals surface area contributed by atoms with Crippen molar-refractivity contribution in [1.29, 1.82) is 0 Å². The van der Waals surface area contributed by atoms with Crippen LogP contribution in [0, 0.1) is 6.92 Å². The first-order valence-corrected chi connectivity index (χ1v) is 4.96. The van der Waals surface area contributed by atoms with Crippen LogP contribution in [-0.4, -0.2) is 14.8 Å². The van der Waals surface area contributed by atoms with E-state index in [0.717, 1.165) is 23.6 Å². The number of nitrogens with two attached hydrogens (primary N) is 1. The molecule has 0 unspecified atom stereocenters. The van der Waals surface area contributed by atoms with Gasteiger partial charge in [-0.1, -0.05) is 11.6 Å². The maximum absolute atomic E-state index is 5.92. The number of benzene rings is 1. The molecule has 0 atom stereocenters. The lowest BCUT2D eigenvalue weighted by Crippen LogP contribution is -1.99. The third-order valence-electron chi connectivity index (χ3n) is 2.41. The Morgan fingerprint density at radius 1 is 1.40 bits per heavy atom. The van der Waals surface area contributed by atoms with E-state index in [1.165, 1.54) is 5.56 Å². The molecule has 0 bridgehead atoms. The summed E-state index contributed by atoms with van der Waals surface area (Å²) in [4.78, 5) is 0. The van der Waals surface area contributed by atoms with Gasteiger partial charge in [-0.05, 0) is 26.0 Å². The lowest BCUT2D eigenvalue weighted by molar-refractivity contribution is 0.767. The van der Waals surface area contributed by atoms with Gasteiger partial charge in [0.25, 0.3) is 0 Å². The Labute approximate surface area is 88.8 Å². The van der Waals surface area contributed by atoms with Crippen LogP contribution in [0.3, 0.4) is 0 Å². The van der Waals surface area contributed by atoms with Gasteiger partial charge in [0, 0.05) is 17.8 Å². The summed E-state index contributed by atoms with van der Waals surface area (Å²) in [5, 5.41) is 7.99. The zero-order chi connectivity index (χ0) is 10.8. The number of aromatic nitrogens is 3. The van der Waals surface area contributed by atoms with E-state index in [0.29, 0.717) is 0 Å². The topological polar surface area (TPSA) is 56.7 Å². The van der Waals surface area contributed by atoms with Gasteiger partial charge < -0.3 is 10.3 Å². The van der Waals surface area contributed by atoms with Crippen LogP contribution in [0.15, 0.2) is 24.5 Å². The predicted molar refractivity (Wildman–Crippen MR) is 60.3 cm³/mol. The Kier molecular flexibility index (Phi) is 2.41. The van der Waals surface area contributed by atoms with Gasteiger partial charge in [-0.15, -0.1) is 10.2 Å². The third kappa shape index (κ3) is 1.70. The molecule has 0 fully saturated rings. The molecule has 0 aliphatic rings. The molecule has 2 N–H and O–H groups in total. The highest BCUT2D eigenvalue weighted by Gasteiger charge is 2.09. The minimum Gasteiger partial charge on any atom is -0.398 e. The molecule has 1 aromatic heterocycles. The Bertz CT molecular complexity index is 473. The molecule has 4 nitrogen and oxygen atoms in total. The van der Waals surface area contributed by atoms with Gasteiger partial charge in [0.1, 0.15) is 6.33 Å². The van der Waals surface area contributed by atoms with Crippen LogP contribution in [0.5, 0.6) is 0 Å². The summed E-state index contributed by atoms with van der Waals surface area (Å²) in [7, 11) is 0. The van der Waals surface area contributed by atoms with Gasteiger partial charge in [-0.2, -0.15) is 0 Å². The molecule has 0 aliphatic heterocycles. The van der Waals surface area contributed by atoms with E-state index in [9.17, 15) is 0 Å². The maximum atomic E-state index is 5.92. The number of nitrogens with zero attached hydrogens (tertiary/aromatic N) is 3. The SMILES string of the molecule is CCn1cnnc1-c1cc(C)ccc1N. The highest BCUT2D eigenvalue weighted by Crippen LogP contribution is 2.24. The fraction of sp³-hybridized carbons (Fsp3) is 0.273. The second kappa shape index (κ2) is 3.73. The molecule has 1 aromatic carbocycles. The average molecular weight is 202 g/mol. The van der Waals surface area contributed by atoms with Crippen LogP contribution in [0.1, 0.15) is 12.5 Å². The maximum Gasteiger partial charge on any atom is 0.165 e. The molecule has 15 heavy (non-hydrogen) atoms. The predicted octanol–water partition coefficient (Wildman–Crippen LogP) is 1.86. The van der Waals surface area contributed by atoms with Gasteiger partial charge in [-0.3, -0.25) is 0 Å². The molecular weight excluding hydrogens is 188 g/mol. The first-order valence-electron chi connectivity index (χ1n) is 4.96. The molecule has 0 radical (unpaired) electrons. The molecule has 0 spiro atoms. The fourth-order valence-corrected chi connectivity index (χ4v) is 1.56. The van der Waals surface area contributed by atoms with Crippen LogP contribution >= 0.6 is 0 Å². The van der Waals surface area contributed by atoms with Crippen LogP contribution < -0.4 is 5.73 Å². The minimum atomic E-state index is 0.739. The van der Waals surface area contributed by atoms with Crippen molar-refractivity contribution in [1.82, 2.24) is 14.8 Å². The molecule has 0 saturated heterocycles. The smallest absolute Gasteiger partial charge is 0.165 e. The second-order valence-electron chi connectivity index (χ2n) is 3.53. The average Bonchev–Trinajstić information content (AvgIpc) is 2.69. The molecule has 0 amide bonds. The monoisotopic (exact) mass is 202 g/mol. The number of hydrogen-bond donors (Lipinski definition) is 1. The molecule has 2 rings (SSSR count). The van der Waals surface area contributed by atoms with Crippen molar-refractivity contribution in [3.8, 4) is 11.4 Å². The van der Waals surface area contributed by atoms with E-state index >= 15 is 0 Å². The minimum absolute atomic E-state index is 0.739. The zero-order valence-corrected chi connectivity index (χ0v) is 8.94. The van der Waals surface area contributed by atoms with E-state index in [2.05, 4.69) is 17.1 Å². The largest absolute Gasteiger partial charge is 0.398 e. The summed E-state index contributed by atoms with van der Waals surface area (Å²) >= 11 is 0. The van der Waals surface area contributed by atoms with Gasteiger partial charge in [0.2, 0.25) is 0 Å². The van der Waals surface area contributed by atoms with Gasteiger partial charge >= 0.3 is 0 Å². The summed E-state index contributed by atoms with van der Waals surface area (Å²) in [5.74, 6) is 0.832. The van der Waals surface area contributed by atoms with Crippen LogP contribution in [0.2, 0.25) is 0 Å². The third-order valence-corrected chi connectivity index (χ3v) is 2.41. The number of anilines is 1. The first kappa shape index (κ1) is 9.71. The van der Waals surface area contributed by atoms with E-state index in [1.807, 2.05) is 29.7 Å². The first-order chi connectivity index (χ1) is 7.22. The summed E-state index contributed by atoms with van der Waals surface area (Å²) in [6, 6.07) is 5.93. The van der Waals surface area contributed by atoms with Crippen molar-refractivity contribution in [3.63, 3.8) is 0 Å². The number of rotatable bonds is 2. The highest BCUT2D eigenvalue weighted by atomic mass is 15.3. The Morgan fingerprint density at radius 3 is 2.93 bits per heavy atom. The lowest BCUT2D eigenvalue weighted by Gasteiger charge is -2.07. The highest BCUT2D eigenvalue weighted by molar-refractivity contribution is 5.72. The standard InChI is InChI=1S/C11H14N4/c1-3-15-7-13-14-11(15)9-6-8(2)4-5-10(9)12/h4-7H,3,12H2,1-2H3. The Balaban J connectivity index is 2.58. The molecule has 0 aliphatic carbocycles. The number of nitrogen functional groups attached to an aromatic ring is 1. The number of hydrogen-bond acceptors (Lipinski definition) is 3. The van der Waals surface area contributed by atoms with E-state index in [4.69, 9.17) is 5.73 Å². The van der Waals surface area contributed by atoms with Crippen molar-refractivity contribution in [3.05, 3.63) is 30.1 Å². The zero-order valence-electron chi connectivity index (χ0n) is 8.94. The second-order valence-corrected chi connectivity index (χ2v) is 3.53. The van der Waals surface area contributed by atoms with Crippen molar-refractivity contribution in [2.75, 3.05) is 5.73 Å². The van der Waals surface area contributed by atoms with Gasteiger partial charge in [0.05, 0.1) is 0 Å². The molecule has 0 saturated carbocycles. The molecule has 4 heteroatoms. The summed E-state index contributed by atoms with van der Waals surface area (Å²) < 4.78 is 1.98. The molecule has 78 valence electrons. The number of aryl methyl sites for hydroxylation is 2. The molecule has 1 heterocycles. The van der Waals surface area contributed by atoms with Gasteiger partial charge in [-0.25, -0.2) is 0 Å². The Morgan fingerprint density at radius 2 is 2.20 bits per heavy atom.